The third-order valence-electron chi connectivity index (χ3n) is 4.02. The van der Waals surface area contributed by atoms with Gasteiger partial charge in [-0.3, -0.25) is 10.1 Å². The molecule has 2 atom stereocenters. The van der Waals surface area contributed by atoms with Crippen molar-refractivity contribution in [2.24, 2.45) is 0 Å². The second-order valence-electron chi connectivity index (χ2n) is 5.21. The summed E-state index contributed by atoms with van der Waals surface area (Å²) in [6.07, 6.45) is 6.19. The molecule has 7 heteroatoms. The molecule has 108 valence electrons. The van der Waals surface area contributed by atoms with E-state index >= 15 is 0 Å². The van der Waals surface area contributed by atoms with Gasteiger partial charge in [-0.05, 0) is 28.8 Å². The van der Waals surface area contributed by atoms with Gasteiger partial charge in [0.1, 0.15) is 12.0 Å². The molecular weight excluding hydrogens is 326 g/mol. The van der Waals surface area contributed by atoms with Crippen molar-refractivity contribution in [2.75, 3.05) is 18.1 Å². The van der Waals surface area contributed by atoms with E-state index in [4.69, 9.17) is 4.74 Å². The van der Waals surface area contributed by atoms with Crippen molar-refractivity contribution in [1.82, 2.24) is 4.98 Å². The molecule has 0 N–H and O–H groups in total. The fourth-order valence-corrected chi connectivity index (χ4v) is 3.66. The summed E-state index contributed by atoms with van der Waals surface area (Å²) >= 11 is 3.42. The Hall–Kier alpha value is -1.21. The molecule has 2 aliphatic rings. The third-order valence-corrected chi connectivity index (χ3v) is 4.61. The number of hydrogen-bond donors (Lipinski definition) is 0. The Morgan fingerprint density at radius 1 is 1.45 bits per heavy atom. The minimum atomic E-state index is -0.426. The highest BCUT2D eigenvalue weighted by atomic mass is 79.9. The minimum absolute atomic E-state index is 0.00841. The van der Waals surface area contributed by atoms with Gasteiger partial charge in [0.05, 0.1) is 28.1 Å². The number of fused-ring (bicyclic) bond motifs is 1. The first-order chi connectivity index (χ1) is 9.66. The zero-order chi connectivity index (χ0) is 14.1. The summed E-state index contributed by atoms with van der Waals surface area (Å²) in [6, 6.07) is 1.86. The van der Waals surface area contributed by atoms with Crippen LogP contribution in [0.3, 0.4) is 0 Å². The number of rotatable bonds is 2. The molecule has 20 heavy (non-hydrogen) atoms. The van der Waals surface area contributed by atoms with E-state index in [9.17, 15) is 10.1 Å². The number of aromatic nitrogens is 1. The largest absolute Gasteiger partial charge is 0.374 e. The van der Waals surface area contributed by atoms with Gasteiger partial charge in [0, 0.05) is 12.6 Å². The maximum atomic E-state index is 10.8. The molecular formula is C13H16BrN3O3. The van der Waals surface area contributed by atoms with Gasteiger partial charge in [0.25, 0.3) is 5.69 Å². The molecule has 2 heterocycles. The second-order valence-corrected chi connectivity index (χ2v) is 6.06. The second kappa shape index (κ2) is 5.65. The number of nitro groups is 1. The molecule has 0 spiro atoms. The summed E-state index contributed by atoms with van der Waals surface area (Å²) in [5, 5.41) is 10.8. The maximum absolute atomic E-state index is 10.8. The number of ether oxygens (including phenoxy) is 1. The number of pyridine rings is 1. The first-order valence-electron chi connectivity index (χ1n) is 6.85. The molecule has 1 aliphatic heterocycles. The number of halogens is 1. The summed E-state index contributed by atoms with van der Waals surface area (Å²) in [5.41, 5.74) is 0.00841. The SMILES string of the molecule is O=[N+]([O-])c1cnc(N2CCO[C@@H]3CCCC[C@H]32)c(Br)c1. The van der Waals surface area contributed by atoms with E-state index in [2.05, 4.69) is 25.8 Å². The molecule has 1 saturated carbocycles. The average molecular weight is 342 g/mol. The van der Waals surface area contributed by atoms with Crippen molar-refractivity contribution in [2.45, 2.75) is 37.8 Å². The first-order valence-corrected chi connectivity index (χ1v) is 7.64. The fourth-order valence-electron chi connectivity index (χ4n) is 3.09. The van der Waals surface area contributed by atoms with Gasteiger partial charge >= 0.3 is 0 Å². The van der Waals surface area contributed by atoms with Crippen LogP contribution >= 0.6 is 15.9 Å². The minimum Gasteiger partial charge on any atom is -0.374 e. The predicted molar refractivity (Wildman–Crippen MR) is 77.9 cm³/mol. The van der Waals surface area contributed by atoms with Crippen molar-refractivity contribution < 1.29 is 9.66 Å². The van der Waals surface area contributed by atoms with Crippen LogP contribution in [-0.2, 0) is 4.74 Å². The van der Waals surface area contributed by atoms with Gasteiger partial charge < -0.3 is 9.64 Å². The van der Waals surface area contributed by atoms with Crippen LogP contribution in [0.1, 0.15) is 25.7 Å². The fraction of sp³-hybridized carbons (Fsp3) is 0.615. The molecule has 1 aliphatic carbocycles. The topological polar surface area (TPSA) is 68.5 Å². The summed E-state index contributed by atoms with van der Waals surface area (Å²) < 4.78 is 6.52. The van der Waals surface area contributed by atoms with E-state index in [1.807, 2.05) is 0 Å². The van der Waals surface area contributed by atoms with Crippen LogP contribution in [0, 0.1) is 10.1 Å². The normalized spacial score (nSPS) is 26.1. The zero-order valence-corrected chi connectivity index (χ0v) is 12.6. The number of morpholine rings is 1. The van der Waals surface area contributed by atoms with Gasteiger partial charge in [0.15, 0.2) is 0 Å². The molecule has 0 aromatic carbocycles. The molecule has 0 unspecified atom stereocenters. The summed E-state index contributed by atoms with van der Waals surface area (Å²) in [5.74, 6) is 0.788. The van der Waals surface area contributed by atoms with Crippen molar-refractivity contribution in [3.05, 3.63) is 26.9 Å². The van der Waals surface area contributed by atoms with Crippen LogP contribution < -0.4 is 4.90 Å². The van der Waals surface area contributed by atoms with E-state index in [1.54, 1.807) is 0 Å². The van der Waals surface area contributed by atoms with E-state index < -0.39 is 4.92 Å². The molecule has 1 saturated heterocycles. The van der Waals surface area contributed by atoms with E-state index in [-0.39, 0.29) is 11.8 Å². The van der Waals surface area contributed by atoms with E-state index in [1.165, 1.54) is 25.1 Å². The molecule has 3 rings (SSSR count). The molecule has 0 bridgehead atoms. The number of hydrogen-bond acceptors (Lipinski definition) is 5. The van der Waals surface area contributed by atoms with Gasteiger partial charge in [-0.15, -0.1) is 0 Å². The number of anilines is 1. The van der Waals surface area contributed by atoms with Gasteiger partial charge in [-0.1, -0.05) is 12.8 Å². The lowest BCUT2D eigenvalue weighted by atomic mass is 9.90. The lowest BCUT2D eigenvalue weighted by Gasteiger charge is -2.44. The van der Waals surface area contributed by atoms with Crippen LogP contribution in [0.5, 0.6) is 0 Å². The highest BCUT2D eigenvalue weighted by molar-refractivity contribution is 9.10. The van der Waals surface area contributed by atoms with Crippen LogP contribution in [0.25, 0.3) is 0 Å². The maximum Gasteiger partial charge on any atom is 0.288 e. The Bertz CT molecular complexity index is 524. The Morgan fingerprint density at radius 2 is 2.25 bits per heavy atom. The van der Waals surface area contributed by atoms with E-state index in [0.29, 0.717) is 17.1 Å². The van der Waals surface area contributed by atoms with Crippen molar-refractivity contribution in [1.29, 1.82) is 0 Å². The molecule has 0 radical (unpaired) electrons. The van der Waals surface area contributed by atoms with Crippen LogP contribution in [0.4, 0.5) is 11.5 Å². The van der Waals surface area contributed by atoms with Gasteiger partial charge in [-0.2, -0.15) is 0 Å². The number of nitrogens with zero attached hydrogens (tertiary/aromatic N) is 3. The zero-order valence-electron chi connectivity index (χ0n) is 11.0. The van der Waals surface area contributed by atoms with Crippen LogP contribution in [0.2, 0.25) is 0 Å². The van der Waals surface area contributed by atoms with Crippen LogP contribution in [-0.4, -0.2) is 35.2 Å². The summed E-state index contributed by atoms with van der Waals surface area (Å²) in [6.45, 7) is 1.47. The van der Waals surface area contributed by atoms with Crippen molar-refractivity contribution in [3.8, 4) is 0 Å². The van der Waals surface area contributed by atoms with Crippen LogP contribution in [0.15, 0.2) is 16.7 Å². The summed E-state index contributed by atoms with van der Waals surface area (Å²) in [4.78, 5) is 16.9. The molecule has 1 aromatic rings. The van der Waals surface area contributed by atoms with Gasteiger partial charge in [0.2, 0.25) is 0 Å². The van der Waals surface area contributed by atoms with Crippen molar-refractivity contribution >= 4 is 27.4 Å². The smallest absolute Gasteiger partial charge is 0.288 e. The van der Waals surface area contributed by atoms with Gasteiger partial charge in [-0.25, -0.2) is 4.98 Å². The van der Waals surface area contributed by atoms with Crippen molar-refractivity contribution in [3.63, 3.8) is 0 Å². The summed E-state index contributed by atoms with van der Waals surface area (Å²) in [7, 11) is 0. The molecule has 0 amide bonds. The Labute approximate surface area is 125 Å². The Kier molecular flexibility index (Phi) is 3.89. The molecule has 1 aromatic heterocycles. The average Bonchev–Trinajstić information content (AvgIpc) is 2.46. The predicted octanol–water partition coefficient (Wildman–Crippen LogP) is 2.90. The first kappa shape index (κ1) is 13.8. The molecule has 2 fully saturated rings. The monoisotopic (exact) mass is 341 g/mol. The lowest BCUT2D eigenvalue weighted by molar-refractivity contribution is -0.385. The molecule has 6 nitrogen and oxygen atoms in total. The standard InChI is InChI=1S/C13H16BrN3O3/c14-10-7-9(17(18)19)8-15-13(10)16-5-6-20-12-4-2-1-3-11(12)16/h7-8,11-12H,1-6H2/t11-,12-/m1/s1. The Morgan fingerprint density at radius 3 is 3.00 bits per heavy atom. The lowest BCUT2D eigenvalue weighted by Crippen LogP contribution is -2.53. The highest BCUT2D eigenvalue weighted by Crippen LogP contribution is 2.35. The quantitative estimate of drug-likeness (QED) is 0.611. The third kappa shape index (κ3) is 2.52. The van der Waals surface area contributed by atoms with E-state index in [0.717, 1.165) is 25.2 Å². The Balaban J connectivity index is 1.89. The highest BCUT2D eigenvalue weighted by Gasteiger charge is 2.35.